The van der Waals surface area contributed by atoms with Gasteiger partial charge in [-0.15, -0.1) is 0 Å². The zero-order valence-electron chi connectivity index (χ0n) is 10.4. The van der Waals surface area contributed by atoms with Gasteiger partial charge in [0.15, 0.2) is 0 Å². The van der Waals surface area contributed by atoms with Crippen LogP contribution in [0.2, 0.25) is 0 Å². The first kappa shape index (κ1) is 15.9. The number of hydrogen-bond acceptors (Lipinski definition) is 5. The lowest BCUT2D eigenvalue weighted by Crippen LogP contribution is -2.35. The van der Waals surface area contributed by atoms with Crippen LogP contribution in [-0.4, -0.2) is 41.5 Å². The summed E-state index contributed by atoms with van der Waals surface area (Å²) < 4.78 is 0. The van der Waals surface area contributed by atoms with Crippen LogP contribution in [0.3, 0.4) is 0 Å². The topological polar surface area (TPSA) is 92.5 Å². The van der Waals surface area contributed by atoms with E-state index in [1.165, 1.54) is 7.05 Å². The summed E-state index contributed by atoms with van der Waals surface area (Å²) in [7, 11) is 1.51. The molecule has 1 fully saturated rings. The Labute approximate surface area is 105 Å². The van der Waals surface area contributed by atoms with Gasteiger partial charge in [-0.3, -0.25) is 24.4 Å². The number of carbonyl (C=O) groups excluding carboxylic acids is 3. The third-order valence-electron chi connectivity index (χ3n) is 2.21. The quantitative estimate of drug-likeness (QED) is 0.544. The number of likely N-dealkylation sites (tertiary alicyclic amines) is 1. The molecule has 0 aromatic rings. The van der Waals surface area contributed by atoms with E-state index in [1.807, 2.05) is 13.8 Å². The molecule has 1 aliphatic heterocycles. The maximum Gasteiger partial charge on any atom is 0.244 e. The molecule has 0 aromatic carbocycles. The Morgan fingerprint density at radius 1 is 1.53 bits per heavy atom. The number of imide groups is 1. The van der Waals surface area contributed by atoms with Crippen LogP contribution in [-0.2, 0) is 14.4 Å². The molecular weight excluding hydrogens is 242 g/mol. The van der Waals surface area contributed by atoms with Crippen molar-refractivity contribution in [3.05, 3.63) is 0 Å². The van der Waals surface area contributed by atoms with Crippen LogP contribution in [0.4, 0.5) is 0 Å². The van der Waals surface area contributed by atoms with Crippen LogP contribution < -0.4 is 10.5 Å². The van der Waals surface area contributed by atoms with E-state index < -0.39 is 5.25 Å². The number of amides is 3. The smallest absolute Gasteiger partial charge is 0.244 e. The van der Waals surface area contributed by atoms with Crippen molar-refractivity contribution < 1.29 is 14.4 Å². The normalized spacial score (nSPS) is 18.8. The Bertz CT molecular complexity index is 297. The number of carbonyl (C=O) groups is 3. The second kappa shape index (κ2) is 8.08. The molecule has 7 heteroatoms. The molecule has 1 atom stereocenters. The monoisotopic (exact) mass is 261 g/mol. The first-order chi connectivity index (χ1) is 8.10. The van der Waals surface area contributed by atoms with Gasteiger partial charge in [-0.05, 0) is 0 Å². The highest BCUT2D eigenvalue weighted by Crippen LogP contribution is 2.21. The fourth-order valence-corrected chi connectivity index (χ4v) is 1.81. The van der Waals surface area contributed by atoms with Gasteiger partial charge in [0.05, 0.1) is 0 Å². The summed E-state index contributed by atoms with van der Waals surface area (Å²) in [6, 6.07) is 0. The van der Waals surface area contributed by atoms with Crippen molar-refractivity contribution in [2.24, 2.45) is 5.14 Å². The standard InChI is InChI=1S/C8H13N3O3S.C2H6/c1-10-6(12)2-3-11-7(13)4-5(15-9)8(11)14;1-2/h5H,2-4,9H2,1H3,(H,10,12);1-2H3. The van der Waals surface area contributed by atoms with Crippen molar-refractivity contribution in [2.75, 3.05) is 13.6 Å². The zero-order chi connectivity index (χ0) is 13.4. The zero-order valence-corrected chi connectivity index (χ0v) is 11.2. The number of nitrogens with one attached hydrogen (secondary N) is 1. The Hall–Kier alpha value is -1.08. The van der Waals surface area contributed by atoms with Gasteiger partial charge in [0.2, 0.25) is 17.7 Å². The highest BCUT2D eigenvalue weighted by atomic mass is 32.2. The van der Waals surface area contributed by atoms with Gasteiger partial charge in [-0.25, -0.2) is 0 Å². The van der Waals surface area contributed by atoms with E-state index in [4.69, 9.17) is 5.14 Å². The molecule has 1 unspecified atom stereocenters. The lowest BCUT2D eigenvalue weighted by molar-refractivity contribution is -0.138. The summed E-state index contributed by atoms with van der Waals surface area (Å²) in [5.41, 5.74) is 0. The Kier molecular flexibility index (Phi) is 7.56. The van der Waals surface area contributed by atoms with Crippen molar-refractivity contribution in [1.82, 2.24) is 10.2 Å². The predicted octanol–water partition coefficient (Wildman–Crippen LogP) is -0.117. The summed E-state index contributed by atoms with van der Waals surface area (Å²) in [6.45, 7) is 4.13. The van der Waals surface area contributed by atoms with E-state index in [0.29, 0.717) is 0 Å². The van der Waals surface area contributed by atoms with Gasteiger partial charge in [0.25, 0.3) is 0 Å². The fraction of sp³-hybridized carbons (Fsp3) is 0.700. The molecule has 98 valence electrons. The molecule has 3 amide bonds. The number of nitrogens with two attached hydrogens (primary N) is 1. The van der Waals surface area contributed by atoms with Gasteiger partial charge in [-0.1, -0.05) is 25.8 Å². The van der Waals surface area contributed by atoms with Crippen LogP contribution in [0.1, 0.15) is 26.7 Å². The summed E-state index contributed by atoms with van der Waals surface area (Å²) in [5.74, 6) is -0.747. The minimum atomic E-state index is -0.484. The molecule has 0 spiro atoms. The minimum Gasteiger partial charge on any atom is -0.359 e. The predicted molar refractivity (Wildman–Crippen MR) is 66.9 cm³/mol. The number of nitrogens with zero attached hydrogens (tertiary/aromatic N) is 1. The molecule has 1 saturated heterocycles. The third kappa shape index (κ3) is 4.35. The average molecular weight is 261 g/mol. The highest BCUT2D eigenvalue weighted by Gasteiger charge is 2.38. The molecule has 17 heavy (non-hydrogen) atoms. The van der Waals surface area contributed by atoms with Crippen LogP contribution in [0.15, 0.2) is 0 Å². The van der Waals surface area contributed by atoms with Crippen LogP contribution in [0.25, 0.3) is 0 Å². The third-order valence-corrected chi connectivity index (χ3v) is 2.90. The van der Waals surface area contributed by atoms with Crippen molar-refractivity contribution in [3.63, 3.8) is 0 Å². The first-order valence-corrected chi connectivity index (χ1v) is 6.44. The van der Waals surface area contributed by atoms with Crippen molar-refractivity contribution in [3.8, 4) is 0 Å². The van der Waals surface area contributed by atoms with Crippen molar-refractivity contribution in [2.45, 2.75) is 31.9 Å². The number of hydrogen-bond donors (Lipinski definition) is 2. The first-order valence-electron chi connectivity index (χ1n) is 5.50. The summed E-state index contributed by atoms with van der Waals surface area (Å²) in [5, 5.41) is 7.21. The van der Waals surface area contributed by atoms with E-state index in [1.54, 1.807) is 0 Å². The largest absolute Gasteiger partial charge is 0.359 e. The summed E-state index contributed by atoms with van der Waals surface area (Å²) >= 11 is 0.875. The molecule has 0 aromatic heterocycles. The second-order valence-electron chi connectivity index (χ2n) is 3.14. The Morgan fingerprint density at radius 2 is 2.12 bits per heavy atom. The molecule has 6 nitrogen and oxygen atoms in total. The summed E-state index contributed by atoms with van der Waals surface area (Å²) in [6.07, 6.45) is 0.268. The van der Waals surface area contributed by atoms with E-state index in [2.05, 4.69) is 5.32 Å². The van der Waals surface area contributed by atoms with Gasteiger partial charge < -0.3 is 5.32 Å². The van der Waals surface area contributed by atoms with Crippen LogP contribution in [0.5, 0.6) is 0 Å². The second-order valence-corrected chi connectivity index (χ2v) is 3.98. The van der Waals surface area contributed by atoms with E-state index in [0.717, 1.165) is 16.8 Å². The molecule has 1 aliphatic rings. The summed E-state index contributed by atoms with van der Waals surface area (Å²) in [4.78, 5) is 34.9. The lowest BCUT2D eigenvalue weighted by Gasteiger charge is -2.13. The van der Waals surface area contributed by atoms with E-state index in [9.17, 15) is 14.4 Å². The Balaban J connectivity index is 0.00000121. The Morgan fingerprint density at radius 3 is 2.53 bits per heavy atom. The van der Waals surface area contributed by atoms with Crippen molar-refractivity contribution >= 4 is 29.7 Å². The number of rotatable bonds is 4. The van der Waals surface area contributed by atoms with Gasteiger partial charge in [0.1, 0.15) is 5.25 Å². The molecule has 0 aliphatic carbocycles. The minimum absolute atomic E-state index is 0.133. The average Bonchev–Trinajstić information content (AvgIpc) is 2.64. The molecule has 1 rings (SSSR count). The van der Waals surface area contributed by atoms with Gasteiger partial charge >= 0.3 is 0 Å². The van der Waals surface area contributed by atoms with E-state index >= 15 is 0 Å². The fourth-order valence-electron chi connectivity index (χ4n) is 1.33. The van der Waals surface area contributed by atoms with Crippen molar-refractivity contribution in [1.29, 1.82) is 0 Å². The molecular formula is C10H19N3O3S. The molecule has 0 radical (unpaired) electrons. The highest BCUT2D eigenvalue weighted by molar-refractivity contribution is 7.98. The molecule has 0 bridgehead atoms. The SMILES string of the molecule is CC.CNC(=O)CCN1C(=O)CC(SN)C1=O. The van der Waals surface area contributed by atoms with Crippen LogP contribution >= 0.6 is 11.9 Å². The molecule has 1 heterocycles. The van der Waals surface area contributed by atoms with E-state index in [-0.39, 0.29) is 37.1 Å². The molecule has 3 N–H and O–H groups in total. The maximum atomic E-state index is 11.5. The van der Waals surface area contributed by atoms with Gasteiger partial charge in [0, 0.05) is 26.4 Å². The molecule has 0 saturated carbocycles. The maximum absolute atomic E-state index is 11.5. The lowest BCUT2D eigenvalue weighted by atomic mass is 10.3. The van der Waals surface area contributed by atoms with Gasteiger partial charge in [-0.2, -0.15) is 0 Å². The van der Waals surface area contributed by atoms with Crippen LogP contribution in [0, 0.1) is 0 Å².